The maximum atomic E-state index is 5.28. The van der Waals surface area contributed by atoms with Crippen LogP contribution in [0.3, 0.4) is 0 Å². The van der Waals surface area contributed by atoms with Gasteiger partial charge in [-0.15, -0.1) is 0 Å². The number of hydrogen-bond acceptors (Lipinski definition) is 5. The summed E-state index contributed by atoms with van der Waals surface area (Å²) in [6.45, 7) is 7.08. The summed E-state index contributed by atoms with van der Waals surface area (Å²) in [6, 6.07) is 4.40. The zero-order valence-electron chi connectivity index (χ0n) is 10.8. The average molecular weight is 263 g/mol. The Kier molecular flexibility index (Phi) is 4.38. The van der Waals surface area contributed by atoms with Crippen molar-refractivity contribution < 1.29 is 4.42 Å². The van der Waals surface area contributed by atoms with Gasteiger partial charge in [0.05, 0.1) is 5.69 Å². The number of nitrogens with zero attached hydrogens (tertiary/aromatic N) is 2. The molecule has 1 unspecified atom stereocenters. The Morgan fingerprint density at radius 3 is 2.83 bits per heavy atom. The van der Waals surface area contributed by atoms with Gasteiger partial charge >= 0.3 is 0 Å². The minimum absolute atomic E-state index is 0.325. The molecule has 4 nitrogen and oxygen atoms in total. The quantitative estimate of drug-likeness (QED) is 0.897. The topological polar surface area (TPSA) is 51.0 Å². The van der Waals surface area contributed by atoms with E-state index < -0.39 is 0 Å². The number of pyridine rings is 1. The average Bonchev–Trinajstić information content (AvgIpc) is 2.76. The fourth-order valence-corrected chi connectivity index (χ4v) is 2.31. The van der Waals surface area contributed by atoms with Crippen LogP contribution in [0.2, 0.25) is 0 Å². The Hall–Kier alpha value is -1.33. The summed E-state index contributed by atoms with van der Waals surface area (Å²) in [5.41, 5.74) is 2.07. The molecule has 0 saturated carbocycles. The first kappa shape index (κ1) is 13.1. The van der Waals surface area contributed by atoms with E-state index in [0.717, 1.165) is 17.3 Å². The molecule has 0 saturated heterocycles. The molecule has 0 amide bonds. The lowest BCUT2D eigenvalue weighted by Gasteiger charge is -2.11. The van der Waals surface area contributed by atoms with E-state index in [2.05, 4.69) is 35.2 Å². The summed E-state index contributed by atoms with van der Waals surface area (Å²) in [5.74, 6) is 0. The van der Waals surface area contributed by atoms with Gasteiger partial charge in [0.1, 0.15) is 11.3 Å². The normalized spacial score (nSPS) is 12.6. The van der Waals surface area contributed by atoms with Crippen LogP contribution in [-0.4, -0.2) is 16.5 Å². The molecule has 2 aromatic rings. The van der Waals surface area contributed by atoms with Crippen molar-refractivity contribution in [1.82, 2.24) is 15.3 Å². The SMILES string of the molecule is CCNC(C)c1ccc(Sc2nc(C)co2)nc1. The van der Waals surface area contributed by atoms with Crippen LogP contribution in [-0.2, 0) is 0 Å². The lowest BCUT2D eigenvalue weighted by Crippen LogP contribution is -2.17. The summed E-state index contributed by atoms with van der Waals surface area (Å²) in [7, 11) is 0. The minimum Gasteiger partial charge on any atom is -0.439 e. The number of hydrogen-bond donors (Lipinski definition) is 1. The zero-order valence-corrected chi connectivity index (χ0v) is 11.6. The van der Waals surface area contributed by atoms with Crippen molar-refractivity contribution in [1.29, 1.82) is 0 Å². The van der Waals surface area contributed by atoms with Gasteiger partial charge in [0.15, 0.2) is 0 Å². The van der Waals surface area contributed by atoms with E-state index in [1.807, 2.05) is 19.2 Å². The van der Waals surface area contributed by atoms with Crippen molar-refractivity contribution in [3.8, 4) is 0 Å². The molecular weight excluding hydrogens is 246 g/mol. The maximum absolute atomic E-state index is 5.28. The first-order chi connectivity index (χ1) is 8.69. The van der Waals surface area contributed by atoms with Gasteiger partial charge in [-0.2, -0.15) is 0 Å². The fraction of sp³-hybridized carbons (Fsp3) is 0.385. The lowest BCUT2D eigenvalue weighted by molar-refractivity contribution is 0.454. The van der Waals surface area contributed by atoms with Crippen LogP contribution in [0.15, 0.2) is 39.3 Å². The molecule has 1 atom stereocenters. The lowest BCUT2D eigenvalue weighted by atomic mass is 10.1. The van der Waals surface area contributed by atoms with Crippen LogP contribution >= 0.6 is 11.8 Å². The number of aromatic nitrogens is 2. The van der Waals surface area contributed by atoms with E-state index in [-0.39, 0.29) is 0 Å². The van der Waals surface area contributed by atoms with Crippen LogP contribution in [0, 0.1) is 6.92 Å². The molecule has 2 rings (SSSR count). The Morgan fingerprint density at radius 1 is 1.44 bits per heavy atom. The summed E-state index contributed by atoms with van der Waals surface area (Å²) in [5, 5.41) is 4.88. The van der Waals surface area contributed by atoms with Crippen molar-refractivity contribution in [2.45, 2.75) is 37.1 Å². The third kappa shape index (κ3) is 3.34. The first-order valence-corrected chi connectivity index (χ1v) is 6.80. The molecule has 0 aliphatic heterocycles. The summed E-state index contributed by atoms with van der Waals surface area (Å²) >= 11 is 1.43. The number of oxazole rings is 1. The third-order valence-electron chi connectivity index (χ3n) is 2.56. The molecule has 0 aliphatic carbocycles. The van der Waals surface area contributed by atoms with Crippen LogP contribution < -0.4 is 5.32 Å². The van der Waals surface area contributed by atoms with Gasteiger partial charge in [-0.05, 0) is 43.8 Å². The van der Waals surface area contributed by atoms with Crippen LogP contribution in [0.5, 0.6) is 0 Å². The predicted octanol–water partition coefficient (Wildman–Crippen LogP) is 3.20. The summed E-state index contributed by atoms with van der Waals surface area (Å²) in [4.78, 5) is 8.65. The minimum atomic E-state index is 0.325. The number of aryl methyl sites for hydroxylation is 1. The van der Waals surface area contributed by atoms with Gasteiger partial charge in [0.25, 0.3) is 5.22 Å². The molecule has 0 radical (unpaired) electrons. The van der Waals surface area contributed by atoms with Gasteiger partial charge in [-0.3, -0.25) is 0 Å². The van der Waals surface area contributed by atoms with E-state index in [1.54, 1.807) is 6.26 Å². The van der Waals surface area contributed by atoms with Crippen LogP contribution in [0.4, 0.5) is 0 Å². The second kappa shape index (κ2) is 6.02. The Bertz CT molecular complexity index is 495. The molecule has 2 heterocycles. The zero-order chi connectivity index (χ0) is 13.0. The highest BCUT2D eigenvalue weighted by Crippen LogP contribution is 2.25. The van der Waals surface area contributed by atoms with Gasteiger partial charge in [0.2, 0.25) is 0 Å². The second-order valence-corrected chi connectivity index (χ2v) is 5.04. The van der Waals surface area contributed by atoms with Crippen molar-refractivity contribution in [3.63, 3.8) is 0 Å². The number of nitrogens with one attached hydrogen (secondary N) is 1. The molecule has 96 valence electrons. The summed E-state index contributed by atoms with van der Waals surface area (Å²) in [6.07, 6.45) is 3.54. The van der Waals surface area contributed by atoms with Gasteiger partial charge < -0.3 is 9.73 Å². The van der Waals surface area contributed by atoms with E-state index >= 15 is 0 Å². The van der Waals surface area contributed by atoms with Gasteiger partial charge in [-0.1, -0.05) is 13.0 Å². The Balaban J connectivity index is 2.03. The largest absolute Gasteiger partial charge is 0.439 e. The highest BCUT2D eigenvalue weighted by Gasteiger charge is 2.07. The molecule has 0 fully saturated rings. The Morgan fingerprint density at radius 2 is 2.28 bits per heavy atom. The third-order valence-corrected chi connectivity index (χ3v) is 3.37. The molecule has 18 heavy (non-hydrogen) atoms. The molecule has 0 aromatic carbocycles. The maximum Gasteiger partial charge on any atom is 0.262 e. The highest BCUT2D eigenvalue weighted by atomic mass is 32.2. The standard InChI is InChI=1S/C13H17N3OS/c1-4-14-10(3)11-5-6-12(15-7-11)18-13-16-9(2)8-17-13/h5-8,10,14H,4H2,1-3H3. The van der Waals surface area contributed by atoms with Gasteiger partial charge in [0, 0.05) is 12.2 Å². The van der Waals surface area contributed by atoms with E-state index in [0.29, 0.717) is 11.3 Å². The van der Waals surface area contributed by atoms with Crippen LogP contribution in [0.1, 0.15) is 31.1 Å². The van der Waals surface area contributed by atoms with Gasteiger partial charge in [-0.25, -0.2) is 9.97 Å². The molecule has 5 heteroatoms. The second-order valence-electron chi connectivity index (χ2n) is 4.07. The smallest absolute Gasteiger partial charge is 0.262 e. The van der Waals surface area contributed by atoms with E-state index in [9.17, 15) is 0 Å². The van der Waals surface area contributed by atoms with Crippen LogP contribution in [0.25, 0.3) is 0 Å². The molecule has 2 aromatic heterocycles. The highest BCUT2D eigenvalue weighted by molar-refractivity contribution is 7.99. The monoisotopic (exact) mass is 263 g/mol. The first-order valence-electron chi connectivity index (χ1n) is 5.98. The van der Waals surface area contributed by atoms with Crippen molar-refractivity contribution in [3.05, 3.63) is 35.9 Å². The van der Waals surface area contributed by atoms with E-state index in [4.69, 9.17) is 4.42 Å². The fourth-order valence-electron chi connectivity index (χ4n) is 1.60. The van der Waals surface area contributed by atoms with E-state index in [1.165, 1.54) is 17.3 Å². The molecule has 0 bridgehead atoms. The molecule has 0 aliphatic rings. The summed E-state index contributed by atoms with van der Waals surface area (Å²) < 4.78 is 5.28. The molecule has 0 spiro atoms. The van der Waals surface area contributed by atoms with Crippen molar-refractivity contribution in [2.24, 2.45) is 0 Å². The molecule has 1 N–H and O–H groups in total. The molecular formula is C13H17N3OS. The predicted molar refractivity (Wildman–Crippen MR) is 71.7 cm³/mol. The van der Waals surface area contributed by atoms with Crippen molar-refractivity contribution >= 4 is 11.8 Å². The number of rotatable bonds is 5. The Labute approximate surface area is 111 Å². The van der Waals surface area contributed by atoms with Crippen molar-refractivity contribution in [2.75, 3.05) is 6.54 Å².